The third-order valence-electron chi connectivity index (χ3n) is 2.09. The summed E-state index contributed by atoms with van der Waals surface area (Å²) < 4.78 is 0. The summed E-state index contributed by atoms with van der Waals surface area (Å²) in [5, 5.41) is 2.81. The largest absolute Gasteiger partial charge is 0.352 e. The van der Waals surface area contributed by atoms with Crippen molar-refractivity contribution in [1.29, 1.82) is 0 Å². The van der Waals surface area contributed by atoms with Crippen molar-refractivity contribution >= 4 is 5.91 Å². The molecule has 0 aliphatic rings. The molecule has 0 aromatic rings. The zero-order valence-corrected chi connectivity index (χ0v) is 12.6. The van der Waals surface area contributed by atoms with Gasteiger partial charge in [0.2, 0.25) is 5.91 Å². The number of hydrogen-bond acceptors (Lipinski definition) is 1. The minimum atomic E-state index is -0.0533. The molecule has 2 nitrogen and oxygen atoms in total. The highest BCUT2D eigenvalue weighted by Gasteiger charge is 1.95. The molecular formula is C18H23NO. The van der Waals surface area contributed by atoms with Crippen molar-refractivity contribution in [3.05, 3.63) is 36.5 Å². The highest BCUT2D eigenvalue weighted by molar-refractivity contribution is 5.87. The predicted octanol–water partition coefficient (Wildman–Crippen LogP) is 3.23. The minimum absolute atomic E-state index is 0.0533. The van der Waals surface area contributed by atoms with E-state index in [-0.39, 0.29) is 5.91 Å². The summed E-state index contributed by atoms with van der Waals surface area (Å²) in [7, 11) is 0. The number of unbranched alkanes of at least 4 members (excludes halogenated alkanes) is 1. The standard InChI is InChI=1S/C18H23NO/c1-4-5-6-7-8-9-10-11-12-13-14-15-18(20)19-16-17(2)3/h4-5,12-15,17H,10-11,16H2,1-3H3,(H,19,20)/b5-4-,13-12+,15-14+. The third kappa shape index (κ3) is 13.9. The summed E-state index contributed by atoms with van der Waals surface area (Å²) in [6, 6.07) is 0. The van der Waals surface area contributed by atoms with Crippen molar-refractivity contribution in [2.24, 2.45) is 5.92 Å². The fourth-order valence-corrected chi connectivity index (χ4v) is 1.10. The van der Waals surface area contributed by atoms with Gasteiger partial charge in [-0.2, -0.15) is 0 Å². The molecule has 0 rings (SSSR count). The normalized spacial score (nSPS) is 10.6. The number of carbonyl (C=O) groups is 1. The molecule has 0 aromatic carbocycles. The Morgan fingerprint density at radius 3 is 2.75 bits per heavy atom. The minimum Gasteiger partial charge on any atom is -0.352 e. The van der Waals surface area contributed by atoms with Gasteiger partial charge < -0.3 is 5.32 Å². The highest BCUT2D eigenvalue weighted by atomic mass is 16.1. The molecule has 0 spiro atoms. The molecule has 0 aliphatic heterocycles. The number of allylic oxidation sites excluding steroid dienone is 5. The van der Waals surface area contributed by atoms with Crippen molar-refractivity contribution in [3.63, 3.8) is 0 Å². The van der Waals surface area contributed by atoms with Gasteiger partial charge in [0.25, 0.3) is 0 Å². The third-order valence-corrected chi connectivity index (χ3v) is 2.09. The molecule has 0 saturated heterocycles. The fraction of sp³-hybridized carbons (Fsp3) is 0.389. The van der Waals surface area contributed by atoms with Gasteiger partial charge in [-0.05, 0) is 37.2 Å². The maximum absolute atomic E-state index is 11.3. The van der Waals surface area contributed by atoms with E-state index in [2.05, 4.69) is 42.8 Å². The summed E-state index contributed by atoms with van der Waals surface area (Å²) in [6.07, 6.45) is 12.4. The maximum atomic E-state index is 11.3. The van der Waals surface area contributed by atoms with Crippen LogP contribution in [-0.4, -0.2) is 12.5 Å². The fourth-order valence-electron chi connectivity index (χ4n) is 1.10. The van der Waals surface area contributed by atoms with Gasteiger partial charge in [-0.25, -0.2) is 0 Å². The highest BCUT2D eigenvalue weighted by Crippen LogP contribution is 1.90. The van der Waals surface area contributed by atoms with Gasteiger partial charge in [-0.3, -0.25) is 4.79 Å². The molecule has 1 N–H and O–H groups in total. The second kappa shape index (κ2) is 13.2. The van der Waals surface area contributed by atoms with E-state index in [4.69, 9.17) is 0 Å². The number of hydrogen-bond donors (Lipinski definition) is 1. The van der Waals surface area contributed by atoms with Crippen LogP contribution in [-0.2, 0) is 4.79 Å². The Morgan fingerprint density at radius 2 is 2.05 bits per heavy atom. The van der Waals surface area contributed by atoms with Crippen LogP contribution in [0.4, 0.5) is 0 Å². The van der Waals surface area contributed by atoms with Crippen LogP contribution in [0.25, 0.3) is 0 Å². The second-order valence-corrected chi connectivity index (χ2v) is 4.54. The van der Waals surface area contributed by atoms with Crippen molar-refractivity contribution < 1.29 is 4.79 Å². The lowest BCUT2D eigenvalue weighted by molar-refractivity contribution is -0.116. The number of carbonyl (C=O) groups excluding carboxylic acids is 1. The molecular weight excluding hydrogens is 246 g/mol. The molecule has 0 aromatic heterocycles. The first kappa shape index (κ1) is 17.8. The van der Waals surface area contributed by atoms with Crippen LogP contribution in [0.3, 0.4) is 0 Å². The summed E-state index contributed by atoms with van der Waals surface area (Å²) in [5.41, 5.74) is 0. The molecule has 0 fully saturated rings. The quantitative estimate of drug-likeness (QED) is 0.341. The molecule has 1 amide bonds. The van der Waals surface area contributed by atoms with Crippen LogP contribution >= 0.6 is 0 Å². The van der Waals surface area contributed by atoms with Crippen molar-refractivity contribution in [3.8, 4) is 23.7 Å². The maximum Gasteiger partial charge on any atom is 0.243 e. The van der Waals surface area contributed by atoms with E-state index in [1.807, 2.05) is 25.2 Å². The number of rotatable bonds is 6. The molecule has 0 unspecified atom stereocenters. The van der Waals surface area contributed by atoms with E-state index >= 15 is 0 Å². The van der Waals surface area contributed by atoms with E-state index < -0.39 is 0 Å². The zero-order chi connectivity index (χ0) is 15.1. The van der Waals surface area contributed by atoms with Gasteiger partial charge in [0.15, 0.2) is 0 Å². The van der Waals surface area contributed by atoms with E-state index in [1.165, 1.54) is 6.08 Å². The second-order valence-electron chi connectivity index (χ2n) is 4.54. The summed E-state index contributed by atoms with van der Waals surface area (Å²) in [4.78, 5) is 11.3. The monoisotopic (exact) mass is 269 g/mol. The van der Waals surface area contributed by atoms with Gasteiger partial charge in [0, 0.05) is 19.0 Å². The number of nitrogens with one attached hydrogen (secondary N) is 1. The molecule has 2 heteroatoms. The first-order valence-electron chi connectivity index (χ1n) is 6.87. The van der Waals surface area contributed by atoms with Crippen LogP contribution in [0.15, 0.2) is 36.5 Å². The lowest BCUT2D eigenvalue weighted by Gasteiger charge is -2.03. The Morgan fingerprint density at radius 1 is 1.25 bits per heavy atom. The van der Waals surface area contributed by atoms with E-state index in [0.717, 1.165) is 12.8 Å². The Kier molecular flexibility index (Phi) is 11.8. The average molecular weight is 269 g/mol. The van der Waals surface area contributed by atoms with Crippen molar-refractivity contribution in [2.45, 2.75) is 33.6 Å². The number of amides is 1. The molecule has 0 heterocycles. The zero-order valence-electron chi connectivity index (χ0n) is 12.6. The van der Waals surface area contributed by atoms with Gasteiger partial charge in [-0.15, -0.1) is 0 Å². The van der Waals surface area contributed by atoms with Crippen LogP contribution in [0.1, 0.15) is 33.6 Å². The summed E-state index contributed by atoms with van der Waals surface area (Å²) >= 11 is 0. The Balaban J connectivity index is 3.76. The van der Waals surface area contributed by atoms with Crippen molar-refractivity contribution in [2.75, 3.05) is 6.54 Å². The molecule has 0 bridgehead atoms. The van der Waals surface area contributed by atoms with Crippen LogP contribution < -0.4 is 5.32 Å². The first-order chi connectivity index (χ1) is 9.66. The lowest BCUT2D eigenvalue weighted by Crippen LogP contribution is -2.25. The van der Waals surface area contributed by atoms with Crippen LogP contribution in [0.5, 0.6) is 0 Å². The molecule has 0 radical (unpaired) electrons. The van der Waals surface area contributed by atoms with Gasteiger partial charge in [0.05, 0.1) is 0 Å². The summed E-state index contributed by atoms with van der Waals surface area (Å²) in [5.74, 6) is 11.7. The lowest BCUT2D eigenvalue weighted by atomic mass is 10.2. The van der Waals surface area contributed by atoms with Crippen LogP contribution in [0, 0.1) is 29.6 Å². The average Bonchev–Trinajstić information content (AvgIpc) is 2.42. The first-order valence-corrected chi connectivity index (χ1v) is 6.87. The molecule has 0 saturated carbocycles. The smallest absolute Gasteiger partial charge is 0.243 e. The summed E-state index contributed by atoms with van der Waals surface area (Å²) in [6.45, 7) is 6.75. The molecule has 0 atom stereocenters. The van der Waals surface area contributed by atoms with Gasteiger partial charge in [-0.1, -0.05) is 50.0 Å². The topological polar surface area (TPSA) is 29.1 Å². The Hall–Kier alpha value is -2.19. The van der Waals surface area contributed by atoms with Gasteiger partial charge in [0.1, 0.15) is 0 Å². The van der Waals surface area contributed by atoms with E-state index in [0.29, 0.717) is 12.5 Å². The molecule has 20 heavy (non-hydrogen) atoms. The molecule has 106 valence electrons. The van der Waals surface area contributed by atoms with Gasteiger partial charge >= 0.3 is 0 Å². The Labute approximate surface area is 123 Å². The van der Waals surface area contributed by atoms with E-state index in [1.54, 1.807) is 12.2 Å². The SMILES string of the molecule is C/C=C\C#CC#CCC/C=C/C=C/C(=O)NCC(C)C. The Bertz CT molecular complexity index is 473. The predicted molar refractivity (Wildman–Crippen MR) is 85.7 cm³/mol. The van der Waals surface area contributed by atoms with Crippen molar-refractivity contribution in [1.82, 2.24) is 5.32 Å². The molecule has 0 aliphatic carbocycles. The van der Waals surface area contributed by atoms with Crippen LogP contribution in [0.2, 0.25) is 0 Å². The van der Waals surface area contributed by atoms with E-state index in [9.17, 15) is 4.79 Å².